The lowest BCUT2D eigenvalue weighted by Crippen LogP contribution is -1.88. The molecule has 0 N–H and O–H groups in total. The minimum absolute atomic E-state index is 0.102. The SMILES string of the molecule is COc1cc(N=Nc2ccc(C)c3ccccc23)c(OC)cc1N=Nc1ccc([N+](=O)[O-])cc1Cl. The second-order valence-electron chi connectivity index (χ2n) is 7.44. The minimum Gasteiger partial charge on any atom is -0.494 e. The van der Waals surface area contributed by atoms with E-state index in [9.17, 15) is 10.1 Å². The topological polar surface area (TPSA) is 111 Å². The number of non-ortho nitro benzene ring substituents is 1. The number of aryl methyl sites for hydroxylation is 1. The van der Waals surface area contributed by atoms with Gasteiger partial charge in [0.25, 0.3) is 5.69 Å². The van der Waals surface area contributed by atoms with Crippen molar-refractivity contribution < 1.29 is 14.4 Å². The molecular weight excluding hydrogens is 470 g/mol. The van der Waals surface area contributed by atoms with Gasteiger partial charge in [0.15, 0.2) is 0 Å². The summed E-state index contributed by atoms with van der Waals surface area (Å²) in [5, 5.41) is 30.2. The monoisotopic (exact) mass is 489 g/mol. The third-order valence-electron chi connectivity index (χ3n) is 5.27. The summed E-state index contributed by atoms with van der Waals surface area (Å²) in [6.07, 6.45) is 0. The fourth-order valence-electron chi connectivity index (χ4n) is 3.45. The Hall–Kier alpha value is -4.37. The zero-order chi connectivity index (χ0) is 24.9. The largest absolute Gasteiger partial charge is 0.494 e. The molecule has 0 heterocycles. The van der Waals surface area contributed by atoms with Crippen LogP contribution in [0.1, 0.15) is 5.56 Å². The Morgan fingerprint density at radius 3 is 1.86 bits per heavy atom. The van der Waals surface area contributed by atoms with Crippen LogP contribution >= 0.6 is 11.6 Å². The molecule has 35 heavy (non-hydrogen) atoms. The first-order valence-corrected chi connectivity index (χ1v) is 10.8. The molecule has 4 aromatic rings. The number of rotatable bonds is 7. The van der Waals surface area contributed by atoms with E-state index in [4.69, 9.17) is 21.1 Å². The molecule has 10 heteroatoms. The second-order valence-corrected chi connectivity index (χ2v) is 7.84. The maximum absolute atomic E-state index is 10.9. The van der Waals surface area contributed by atoms with Gasteiger partial charge in [-0.25, -0.2) is 0 Å². The van der Waals surface area contributed by atoms with Gasteiger partial charge in [-0.3, -0.25) is 10.1 Å². The van der Waals surface area contributed by atoms with Gasteiger partial charge in [0, 0.05) is 29.7 Å². The van der Waals surface area contributed by atoms with Crippen LogP contribution in [0.25, 0.3) is 10.8 Å². The Morgan fingerprint density at radius 1 is 0.743 bits per heavy atom. The van der Waals surface area contributed by atoms with Gasteiger partial charge in [-0.15, -0.1) is 20.5 Å². The second kappa shape index (κ2) is 10.3. The number of nitrogens with zero attached hydrogens (tertiary/aromatic N) is 5. The summed E-state index contributed by atoms with van der Waals surface area (Å²) in [5.41, 5.74) is 2.82. The number of azo groups is 2. The molecule has 0 radical (unpaired) electrons. The first-order chi connectivity index (χ1) is 16.9. The van der Waals surface area contributed by atoms with Gasteiger partial charge >= 0.3 is 0 Å². The van der Waals surface area contributed by atoms with Crippen molar-refractivity contribution in [1.29, 1.82) is 0 Å². The number of nitro groups is 1. The van der Waals surface area contributed by atoms with E-state index >= 15 is 0 Å². The van der Waals surface area contributed by atoms with Crippen LogP contribution in [0, 0.1) is 17.0 Å². The Bertz CT molecular complexity index is 1490. The van der Waals surface area contributed by atoms with E-state index < -0.39 is 4.92 Å². The zero-order valence-corrected chi connectivity index (χ0v) is 19.9. The average molecular weight is 490 g/mol. The van der Waals surface area contributed by atoms with Crippen LogP contribution in [0.2, 0.25) is 5.02 Å². The van der Waals surface area contributed by atoms with E-state index in [-0.39, 0.29) is 16.4 Å². The van der Waals surface area contributed by atoms with Crippen LogP contribution < -0.4 is 9.47 Å². The number of nitro benzene ring substituents is 1. The highest BCUT2D eigenvalue weighted by molar-refractivity contribution is 6.33. The maximum atomic E-state index is 10.9. The summed E-state index contributed by atoms with van der Waals surface area (Å²) in [7, 11) is 3.00. The van der Waals surface area contributed by atoms with Crippen molar-refractivity contribution in [2.75, 3.05) is 14.2 Å². The Labute approximate surface area is 205 Å². The van der Waals surface area contributed by atoms with E-state index in [1.807, 2.05) is 43.3 Å². The maximum Gasteiger partial charge on any atom is 0.271 e. The van der Waals surface area contributed by atoms with Gasteiger partial charge in [-0.2, -0.15) is 0 Å². The first kappa shape index (κ1) is 23.8. The summed E-state index contributed by atoms with van der Waals surface area (Å²) in [5.74, 6) is 0.796. The fraction of sp³-hybridized carbons (Fsp3) is 0.120. The predicted molar refractivity (Wildman–Crippen MR) is 135 cm³/mol. The van der Waals surface area contributed by atoms with Gasteiger partial charge < -0.3 is 9.47 Å². The molecule has 0 aliphatic rings. The molecule has 0 unspecified atom stereocenters. The lowest BCUT2D eigenvalue weighted by Gasteiger charge is -2.09. The molecule has 0 aromatic heterocycles. The quantitative estimate of drug-likeness (QED) is 0.147. The number of methoxy groups -OCH3 is 2. The van der Waals surface area contributed by atoms with E-state index in [0.717, 1.165) is 22.0 Å². The molecular formula is C25H20ClN5O4. The van der Waals surface area contributed by atoms with Crippen molar-refractivity contribution in [3.05, 3.63) is 87.4 Å². The minimum atomic E-state index is -0.534. The lowest BCUT2D eigenvalue weighted by molar-refractivity contribution is -0.384. The molecule has 4 rings (SSSR count). The number of halogens is 1. The molecule has 4 aromatic carbocycles. The van der Waals surface area contributed by atoms with E-state index in [0.29, 0.717) is 22.9 Å². The molecule has 0 amide bonds. The van der Waals surface area contributed by atoms with Gasteiger partial charge in [-0.05, 0) is 30.0 Å². The molecule has 0 saturated carbocycles. The Kier molecular flexibility index (Phi) is 6.98. The molecule has 0 aliphatic heterocycles. The molecule has 0 spiro atoms. The van der Waals surface area contributed by atoms with Crippen molar-refractivity contribution in [1.82, 2.24) is 0 Å². The van der Waals surface area contributed by atoms with Gasteiger partial charge in [0.1, 0.15) is 28.6 Å². The average Bonchev–Trinajstić information content (AvgIpc) is 2.87. The predicted octanol–water partition coefficient (Wildman–Crippen LogP) is 8.56. The highest BCUT2D eigenvalue weighted by atomic mass is 35.5. The molecule has 0 bridgehead atoms. The van der Waals surface area contributed by atoms with Crippen molar-refractivity contribution in [2.24, 2.45) is 20.5 Å². The number of ether oxygens (including phenoxy) is 2. The van der Waals surface area contributed by atoms with Crippen LogP contribution in [0.3, 0.4) is 0 Å². The lowest BCUT2D eigenvalue weighted by atomic mass is 10.0. The molecule has 0 atom stereocenters. The Balaban J connectivity index is 1.68. The van der Waals surface area contributed by atoms with E-state index in [1.54, 1.807) is 12.1 Å². The van der Waals surface area contributed by atoms with E-state index in [1.165, 1.54) is 32.4 Å². The highest BCUT2D eigenvalue weighted by Gasteiger charge is 2.13. The standard InChI is InChI=1S/C25H20ClN5O4/c1-15-8-10-20(18-7-5-4-6-17(15)18)27-29-22-13-25(35-3)23(14-24(22)34-2)30-28-21-11-9-16(31(32)33)12-19(21)26/h4-14H,1-3H3. The molecule has 176 valence electrons. The third-order valence-corrected chi connectivity index (χ3v) is 5.58. The van der Waals surface area contributed by atoms with Gasteiger partial charge in [0.05, 0.1) is 29.9 Å². The molecule has 0 fully saturated rings. The number of hydrogen-bond acceptors (Lipinski definition) is 8. The third kappa shape index (κ3) is 5.10. The van der Waals surface area contributed by atoms with Crippen LogP contribution in [0.4, 0.5) is 28.4 Å². The highest BCUT2D eigenvalue weighted by Crippen LogP contribution is 2.42. The smallest absolute Gasteiger partial charge is 0.271 e. The van der Waals surface area contributed by atoms with Gasteiger partial charge in [-0.1, -0.05) is 41.9 Å². The number of hydrogen-bond donors (Lipinski definition) is 0. The van der Waals surface area contributed by atoms with E-state index in [2.05, 4.69) is 20.5 Å². The number of fused-ring (bicyclic) bond motifs is 1. The van der Waals surface area contributed by atoms with Crippen LogP contribution in [-0.4, -0.2) is 19.1 Å². The van der Waals surface area contributed by atoms with Crippen molar-refractivity contribution >= 4 is 50.8 Å². The fourth-order valence-corrected chi connectivity index (χ4v) is 3.66. The van der Waals surface area contributed by atoms with Crippen LogP contribution in [-0.2, 0) is 0 Å². The molecule has 0 saturated heterocycles. The van der Waals surface area contributed by atoms with Crippen molar-refractivity contribution in [3.8, 4) is 11.5 Å². The molecule has 9 nitrogen and oxygen atoms in total. The van der Waals surface area contributed by atoms with Crippen LogP contribution in [0.5, 0.6) is 11.5 Å². The summed E-state index contributed by atoms with van der Waals surface area (Å²) in [4.78, 5) is 10.4. The zero-order valence-electron chi connectivity index (χ0n) is 19.1. The Morgan fingerprint density at radius 2 is 1.29 bits per heavy atom. The van der Waals surface area contributed by atoms with Crippen molar-refractivity contribution in [2.45, 2.75) is 6.92 Å². The summed E-state index contributed by atoms with van der Waals surface area (Å²) >= 11 is 6.11. The normalized spacial score (nSPS) is 11.4. The summed E-state index contributed by atoms with van der Waals surface area (Å²) in [6, 6.07) is 19.1. The first-order valence-electron chi connectivity index (χ1n) is 10.4. The summed E-state index contributed by atoms with van der Waals surface area (Å²) < 4.78 is 10.9. The van der Waals surface area contributed by atoms with Gasteiger partial charge in [0.2, 0.25) is 0 Å². The molecule has 0 aliphatic carbocycles. The van der Waals surface area contributed by atoms with Crippen LogP contribution in [0.15, 0.2) is 87.2 Å². The summed E-state index contributed by atoms with van der Waals surface area (Å²) in [6.45, 7) is 2.05. The van der Waals surface area contributed by atoms with Crippen molar-refractivity contribution in [3.63, 3.8) is 0 Å². The number of benzene rings is 4.